The Bertz CT molecular complexity index is 465. The summed E-state index contributed by atoms with van der Waals surface area (Å²) in [4.78, 5) is 0. The largest absolute Gasteiger partial charge is 0.375 e. The van der Waals surface area contributed by atoms with Crippen LogP contribution < -0.4 is 5.32 Å². The first-order chi connectivity index (χ1) is 10.2. The van der Waals surface area contributed by atoms with Gasteiger partial charge in [-0.25, -0.2) is 0 Å². The van der Waals surface area contributed by atoms with E-state index in [1.165, 1.54) is 44.1 Å². The van der Waals surface area contributed by atoms with Crippen LogP contribution >= 0.6 is 15.9 Å². The van der Waals surface area contributed by atoms with E-state index in [-0.39, 0.29) is 5.60 Å². The molecule has 116 valence electrons. The number of nitrogens with one attached hydrogen (secondary N) is 1. The van der Waals surface area contributed by atoms with E-state index in [1.807, 2.05) is 0 Å². The van der Waals surface area contributed by atoms with Crippen LogP contribution in [0.2, 0.25) is 0 Å². The van der Waals surface area contributed by atoms with Crippen molar-refractivity contribution in [2.75, 3.05) is 6.61 Å². The summed E-state index contributed by atoms with van der Waals surface area (Å²) in [6.07, 6.45) is 8.91. The first kappa shape index (κ1) is 15.5. The predicted molar refractivity (Wildman–Crippen MR) is 90.5 cm³/mol. The van der Waals surface area contributed by atoms with E-state index in [9.17, 15) is 0 Å². The Labute approximate surface area is 136 Å². The van der Waals surface area contributed by atoms with Crippen molar-refractivity contribution in [3.8, 4) is 0 Å². The number of hydrogen-bond acceptors (Lipinski definition) is 2. The van der Waals surface area contributed by atoms with Gasteiger partial charge in [-0.2, -0.15) is 0 Å². The van der Waals surface area contributed by atoms with Crippen molar-refractivity contribution in [2.24, 2.45) is 0 Å². The van der Waals surface area contributed by atoms with Crippen molar-refractivity contribution < 1.29 is 4.74 Å². The number of halogens is 1. The van der Waals surface area contributed by atoms with E-state index in [0.717, 1.165) is 17.5 Å². The van der Waals surface area contributed by atoms with Crippen molar-refractivity contribution in [3.05, 3.63) is 34.3 Å². The predicted octanol–water partition coefficient (Wildman–Crippen LogP) is 4.98. The van der Waals surface area contributed by atoms with Gasteiger partial charge >= 0.3 is 0 Å². The van der Waals surface area contributed by atoms with Crippen LogP contribution in [-0.2, 0) is 4.74 Å². The first-order valence-corrected chi connectivity index (χ1v) is 9.12. The van der Waals surface area contributed by atoms with Crippen molar-refractivity contribution in [3.63, 3.8) is 0 Å². The minimum Gasteiger partial charge on any atom is -0.375 e. The Hall–Kier alpha value is -0.380. The SMILES string of the molecule is C[C@@H](NC1CCOC2(CCCCC2)C1)c1cccc(Br)c1. The molecular weight excluding hydrogens is 326 g/mol. The van der Waals surface area contributed by atoms with Crippen molar-refractivity contribution in [1.29, 1.82) is 0 Å². The van der Waals surface area contributed by atoms with Gasteiger partial charge < -0.3 is 10.1 Å². The maximum Gasteiger partial charge on any atom is 0.0697 e. The quantitative estimate of drug-likeness (QED) is 0.828. The molecule has 0 bridgehead atoms. The second kappa shape index (κ2) is 6.80. The van der Waals surface area contributed by atoms with Crippen LogP contribution in [0.25, 0.3) is 0 Å². The highest BCUT2D eigenvalue weighted by Crippen LogP contribution is 2.39. The van der Waals surface area contributed by atoms with Gasteiger partial charge in [-0.05, 0) is 50.3 Å². The highest BCUT2D eigenvalue weighted by atomic mass is 79.9. The van der Waals surface area contributed by atoms with Gasteiger partial charge in [0.2, 0.25) is 0 Å². The summed E-state index contributed by atoms with van der Waals surface area (Å²) in [5.41, 5.74) is 1.54. The lowest BCUT2D eigenvalue weighted by Crippen LogP contribution is -2.48. The molecule has 1 spiro atoms. The van der Waals surface area contributed by atoms with E-state index in [2.05, 4.69) is 52.4 Å². The molecule has 1 N–H and O–H groups in total. The number of benzene rings is 1. The average Bonchev–Trinajstić information content (AvgIpc) is 2.48. The van der Waals surface area contributed by atoms with E-state index < -0.39 is 0 Å². The van der Waals surface area contributed by atoms with Crippen molar-refractivity contribution in [2.45, 2.75) is 69.6 Å². The van der Waals surface area contributed by atoms with Gasteiger partial charge in [0.25, 0.3) is 0 Å². The standard InChI is InChI=1S/C18H26BrNO/c1-14(15-6-5-7-16(19)12-15)20-17-8-11-21-18(13-17)9-3-2-4-10-18/h5-7,12,14,17,20H,2-4,8-11,13H2,1H3/t14-,17?/m1/s1. The summed E-state index contributed by atoms with van der Waals surface area (Å²) in [5.74, 6) is 0. The molecule has 1 aliphatic heterocycles. The molecule has 1 saturated carbocycles. The van der Waals surface area contributed by atoms with Gasteiger partial charge in [0.1, 0.15) is 0 Å². The molecule has 0 radical (unpaired) electrons. The third-order valence-corrected chi connectivity index (χ3v) is 5.59. The van der Waals surface area contributed by atoms with Gasteiger partial charge in [0.05, 0.1) is 5.60 Å². The minimum atomic E-state index is 0.186. The molecule has 3 rings (SSSR count). The van der Waals surface area contributed by atoms with Crippen LogP contribution in [-0.4, -0.2) is 18.2 Å². The van der Waals surface area contributed by atoms with Gasteiger partial charge in [0.15, 0.2) is 0 Å². The van der Waals surface area contributed by atoms with Crippen molar-refractivity contribution in [1.82, 2.24) is 5.32 Å². The number of hydrogen-bond donors (Lipinski definition) is 1. The number of rotatable bonds is 3. The molecule has 1 unspecified atom stereocenters. The minimum absolute atomic E-state index is 0.186. The highest BCUT2D eigenvalue weighted by Gasteiger charge is 2.38. The Morgan fingerprint density at radius 2 is 2.10 bits per heavy atom. The summed E-state index contributed by atoms with van der Waals surface area (Å²) < 4.78 is 7.35. The fourth-order valence-electron chi connectivity index (χ4n) is 3.94. The van der Waals surface area contributed by atoms with Crippen LogP contribution in [0, 0.1) is 0 Å². The molecule has 21 heavy (non-hydrogen) atoms. The van der Waals surface area contributed by atoms with E-state index in [4.69, 9.17) is 4.74 Å². The Kier molecular flexibility index (Phi) is 5.03. The summed E-state index contributed by atoms with van der Waals surface area (Å²) in [6, 6.07) is 9.61. The lowest BCUT2D eigenvalue weighted by atomic mass is 9.78. The van der Waals surface area contributed by atoms with E-state index in [1.54, 1.807) is 0 Å². The third-order valence-electron chi connectivity index (χ3n) is 5.09. The summed E-state index contributed by atoms with van der Waals surface area (Å²) >= 11 is 3.57. The zero-order valence-electron chi connectivity index (χ0n) is 12.9. The highest BCUT2D eigenvalue weighted by molar-refractivity contribution is 9.10. The van der Waals surface area contributed by atoms with Gasteiger partial charge in [0, 0.05) is 23.2 Å². The van der Waals surface area contributed by atoms with Crippen LogP contribution in [0.1, 0.15) is 63.5 Å². The zero-order chi connectivity index (χ0) is 14.7. The van der Waals surface area contributed by atoms with Gasteiger partial charge in [-0.15, -0.1) is 0 Å². The number of ether oxygens (including phenoxy) is 1. The molecule has 0 amide bonds. The maximum atomic E-state index is 6.20. The van der Waals surface area contributed by atoms with Crippen LogP contribution in [0.3, 0.4) is 0 Å². The molecule has 2 aliphatic rings. The van der Waals surface area contributed by atoms with Gasteiger partial charge in [-0.3, -0.25) is 0 Å². The molecule has 2 nitrogen and oxygen atoms in total. The van der Waals surface area contributed by atoms with Crippen LogP contribution in [0.5, 0.6) is 0 Å². The molecule has 2 atom stereocenters. The lowest BCUT2D eigenvalue weighted by Gasteiger charge is -2.44. The van der Waals surface area contributed by atoms with E-state index in [0.29, 0.717) is 12.1 Å². The normalized spacial score (nSPS) is 26.7. The fraction of sp³-hybridized carbons (Fsp3) is 0.667. The second-order valence-electron chi connectivity index (χ2n) is 6.73. The zero-order valence-corrected chi connectivity index (χ0v) is 14.5. The smallest absolute Gasteiger partial charge is 0.0697 e. The first-order valence-electron chi connectivity index (χ1n) is 8.32. The summed E-state index contributed by atoms with van der Waals surface area (Å²) in [6.45, 7) is 3.19. The molecular formula is C18H26BrNO. The molecule has 0 aromatic heterocycles. The summed E-state index contributed by atoms with van der Waals surface area (Å²) in [7, 11) is 0. The monoisotopic (exact) mass is 351 g/mol. The van der Waals surface area contributed by atoms with Gasteiger partial charge in [-0.1, -0.05) is 47.3 Å². The van der Waals surface area contributed by atoms with Crippen LogP contribution in [0.4, 0.5) is 0 Å². The Morgan fingerprint density at radius 3 is 2.86 bits per heavy atom. The second-order valence-corrected chi connectivity index (χ2v) is 7.64. The molecule has 3 heteroatoms. The maximum absolute atomic E-state index is 6.20. The Morgan fingerprint density at radius 1 is 1.29 bits per heavy atom. The Balaban J connectivity index is 1.61. The van der Waals surface area contributed by atoms with Crippen molar-refractivity contribution >= 4 is 15.9 Å². The molecule has 1 aromatic carbocycles. The summed E-state index contributed by atoms with van der Waals surface area (Å²) in [5, 5.41) is 3.83. The molecule has 1 heterocycles. The van der Waals surface area contributed by atoms with E-state index >= 15 is 0 Å². The molecule has 1 saturated heterocycles. The van der Waals surface area contributed by atoms with Crippen LogP contribution in [0.15, 0.2) is 28.7 Å². The average molecular weight is 352 g/mol. The third kappa shape index (κ3) is 3.88. The lowest BCUT2D eigenvalue weighted by molar-refractivity contribution is -0.110. The fourth-order valence-corrected chi connectivity index (χ4v) is 4.36. The topological polar surface area (TPSA) is 21.3 Å². The molecule has 1 aliphatic carbocycles. The molecule has 1 aromatic rings. The molecule has 2 fully saturated rings.